The van der Waals surface area contributed by atoms with E-state index in [4.69, 9.17) is 0 Å². The smallest absolute Gasteiger partial charge is 0.212 e. The van der Waals surface area contributed by atoms with Crippen molar-refractivity contribution in [1.29, 1.82) is 0 Å². The van der Waals surface area contributed by atoms with Gasteiger partial charge in [0.2, 0.25) is 10.0 Å². The third-order valence-electron chi connectivity index (χ3n) is 5.40. The molecule has 0 N–H and O–H groups in total. The summed E-state index contributed by atoms with van der Waals surface area (Å²) < 4.78 is 25.8. The predicted molar refractivity (Wildman–Crippen MR) is 68.1 cm³/mol. The second kappa shape index (κ2) is 3.95. The van der Waals surface area contributed by atoms with Crippen molar-refractivity contribution in [3.63, 3.8) is 0 Å². The van der Waals surface area contributed by atoms with Crippen molar-refractivity contribution < 1.29 is 8.42 Å². The molecule has 4 bridgehead atoms. The van der Waals surface area contributed by atoms with Gasteiger partial charge in [-0.1, -0.05) is 0 Å². The van der Waals surface area contributed by atoms with Crippen LogP contribution in [0.1, 0.15) is 39.0 Å². The summed E-state index contributed by atoms with van der Waals surface area (Å²) in [6.07, 6.45) is 6.54. The Hall–Kier alpha value is -0.0900. The fourth-order valence-corrected chi connectivity index (χ4v) is 6.00. The van der Waals surface area contributed by atoms with E-state index in [0.717, 1.165) is 11.8 Å². The normalized spacial score (nSPS) is 44.5. The zero-order valence-electron chi connectivity index (χ0n) is 10.8. The monoisotopic (exact) mass is 257 g/mol. The Morgan fingerprint density at radius 2 is 1.47 bits per heavy atom. The third-order valence-corrected chi connectivity index (χ3v) is 7.25. The number of nitrogens with zero attached hydrogens (tertiary/aromatic N) is 1. The molecule has 0 saturated heterocycles. The highest BCUT2D eigenvalue weighted by Gasteiger charge is 2.51. The summed E-state index contributed by atoms with van der Waals surface area (Å²) in [5, 5.41) is 0. The van der Waals surface area contributed by atoms with Gasteiger partial charge in [-0.05, 0) is 62.7 Å². The average Bonchev–Trinajstić information content (AvgIpc) is 2.27. The molecule has 0 atom stereocenters. The first-order chi connectivity index (χ1) is 8.01. The van der Waals surface area contributed by atoms with Gasteiger partial charge in [-0.25, -0.2) is 12.7 Å². The van der Waals surface area contributed by atoms with Crippen LogP contribution in [-0.4, -0.2) is 31.6 Å². The summed E-state index contributed by atoms with van der Waals surface area (Å²) in [6.45, 7) is 1.75. The molecular weight excluding hydrogens is 234 g/mol. The summed E-state index contributed by atoms with van der Waals surface area (Å²) >= 11 is 0. The van der Waals surface area contributed by atoms with E-state index in [2.05, 4.69) is 0 Å². The number of hydrogen-bond donors (Lipinski definition) is 0. The summed E-state index contributed by atoms with van der Waals surface area (Å²) in [4.78, 5) is 0. The van der Waals surface area contributed by atoms with Gasteiger partial charge in [-0.2, -0.15) is 0 Å². The van der Waals surface area contributed by atoms with E-state index in [0.29, 0.717) is 17.9 Å². The van der Waals surface area contributed by atoms with Gasteiger partial charge >= 0.3 is 0 Å². The Labute approximate surface area is 105 Å². The molecule has 3 nitrogen and oxygen atoms in total. The van der Waals surface area contributed by atoms with E-state index in [1.54, 1.807) is 11.2 Å². The fraction of sp³-hybridized carbons (Fsp3) is 1.00. The van der Waals surface area contributed by atoms with Gasteiger partial charge in [0, 0.05) is 13.1 Å². The van der Waals surface area contributed by atoms with Crippen molar-refractivity contribution in [2.24, 2.45) is 23.7 Å². The van der Waals surface area contributed by atoms with E-state index in [9.17, 15) is 8.42 Å². The average molecular weight is 257 g/mol. The van der Waals surface area contributed by atoms with Crippen molar-refractivity contribution in [2.45, 2.75) is 45.1 Å². The maximum Gasteiger partial charge on any atom is 0.213 e. The molecule has 0 aliphatic heterocycles. The summed E-state index contributed by atoms with van der Waals surface area (Å²) in [5.41, 5.74) is 0. The van der Waals surface area contributed by atoms with Crippen LogP contribution in [0.15, 0.2) is 0 Å². The van der Waals surface area contributed by atoms with E-state index >= 15 is 0 Å². The minimum absolute atomic E-state index is 0.242. The second-order valence-corrected chi connectivity index (χ2v) is 8.66. The van der Waals surface area contributed by atoms with Gasteiger partial charge in [-0.15, -0.1) is 0 Å². The molecule has 0 aromatic carbocycles. The molecule has 4 fully saturated rings. The number of hydrogen-bond acceptors (Lipinski definition) is 2. The summed E-state index contributed by atoms with van der Waals surface area (Å²) in [5.74, 6) is 3.36. The van der Waals surface area contributed by atoms with Crippen LogP contribution in [0, 0.1) is 23.7 Å². The molecule has 4 saturated carbocycles. The van der Waals surface area contributed by atoms with Crippen LogP contribution in [0.25, 0.3) is 0 Å². The summed E-state index contributed by atoms with van der Waals surface area (Å²) in [6, 6.07) is 0.313. The minimum atomic E-state index is -3.01. The van der Waals surface area contributed by atoms with Crippen molar-refractivity contribution in [3.05, 3.63) is 0 Å². The highest BCUT2D eigenvalue weighted by Crippen LogP contribution is 2.55. The first-order valence-electron chi connectivity index (χ1n) is 6.97. The maximum absolute atomic E-state index is 12.0. The largest absolute Gasteiger partial charge is 0.213 e. The van der Waals surface area contributed by atoms with Crippen LogP contribution < -0.4 is 0 Å². The van der Waals surface area contributed by atoms with E-state index in [1.807, 2.05) is 7.05 Å². The standard InChI is InChI=1S/C13H23NO2S/c1-3-17(15,16)14(2)13-11-5-9-4-10(7-11)8-12(13)6-9/h9-13H,3-8H2,1-2H3. The highest BCUT2D eigenvalue weighted by atomic mass is 32.2. The molecule has 17 heavy (non-hydrogen) atoms. The maximum atomic E-state index is 12.0. The molecule has 4 aliphatic rings. The van der Waals surface area contributed by atoms with Crippen molar-refractivity contribution in [3.8, 4) is 0 Å². The van der Waals surface area contributed by atoms with Crippen LogP contribution in [0.3, 0.4) is 0 Å². The van der Waals surface area contributed by atoms with E-state index < -0.39 is 10.0 Å². The Kier molecular flexibility index (Phi) is 2.78. The molecule has 4 heteroatoms. The Morgan fingerprint density at radius 3 is 1.88 bits per heavy atom. The first-order valence-corrected chi connectivity index (χ1v) is 8.58. The molecule has 4 aliphatic carbocycles. The van der Waals surface area contributed by atoms with Gasteiger partial charge in [0.05, 0.1) is 5.75 Å². The fourth-order valence-electron chi connectivity index (χ4n) is 4.88. The molecule has 4 rings (SSSR count). The SMILES string of the molecule is CCS(=O)(=O)N(C)C1C2CC3CC(C2)CC1C3. The third kappa shape index (κ3) is 1.84. The van der Waals surface area contributed by atoms with Crippen LogP contribution in [0.4, 0.5) is 0 Å². The Morgan fingerprint density at radius 1 is 1.00 bits per heavy atom. The molecule has 0 radical (unpaired) electrons. The number of rotatable bonds is 3. The molecule has 0 aromatic rings. The van der Waals surface area contributed by atoms with Gasteiger partial charge in [0.1, 0.15) is 0 Å². The molecule has 0 heterocycles. The first kappa shape index (κ1) is 12.0. The van der Waals surface area contributed by atoms with Gasteiger partial charge < -0.3 is 0 Å². The Balaban J connectivity index is 1.85. The molecule has 0 unspecified atom stereocenters. The van der Waals surface area contributed by atoms with Gasteiger partial charge in [0.15, 0.2) is 0 Å². The van der Waals surface area contributed by atoms with Crippen LogP contribution in [-0.2, 0) is 10.0 Å². The van der Waals surface area contributed by atoms with Gasteiger partial charge in [-0.3, -0.25) is 0 Å². The Bertz CT molecular complexity index is 376. The van der Waals surface area contributed by atoms with Crippen molar-refractivity contribution >= 4 is 10.0 Å². The quantitative estimate of drug-likeness (QED) is 0.776. The number of sulfonamides is 1. The lowest BCUT2D eigenvalue weighted by molar-refractivity contribution is -0.0350. The van der Waals surface area contributed by atoms with E-state index in [1.165, 1.54) is 32.1 Å². The molecule has 98 valence electrons. The van der Waals surface area contributed by atoms with Crippen molar-refractivity contribution in [2.75, 3.05) is 12.8 Å². The van der Waals surface area contributed by atoms with Crippen LogP contribution in [0.5, 0.6) is 0 Å². The lowest BCUT2D eigenvalue weighted by atomic mass is 9.54. The lowest BCUT2D eigenvalue weighted by Crippen LogP contribution is -2.56. The van der Waals surface area contributed by atoms with Crippen molar-refractivity contribution in [1.82, 2.24) is 4.31 Å². The topological polar surface area (TPSA) is 37.4 Å². The highest BCUT2D eigenvalue weighted by molar-refractivity contribution is 7.89. The molecule has 0 amide bonds. The predicted octanol–water partition coefficient (Wildman–Crippen LogP) is 2.09. The summed E-state index contributed by atoms with van der Waals surface area (Å²) in [7, 11) is -1.20. The van der Waals surface area contributed by atoms with Crippen LogP contribution >= 0.6 is 0 Å². The second-order valence-electron chi connectivity index (χ2n) is 6.34. The minimum Gasteiger partial charge on any atom is -0.212 e. The molecular formula is C13H23NO2S. The lowest BCUT2D eigenvalue weighted by Gasteiger charge is -2.56. The molecule has 0 spiro atoms. The van der Waals surface area contributed by atoms with Crippen LogP contribution in [0.2, 0.25) is 0 Å². The van der Waals surface area contributed by atoms with E-state index in [-0.39, 0.29) is 5.75 Å². The zero-order chi connectivity index (χ0) is 12.2. The molecule has 0 aromatic heterocycles. The van der Waals surface area contributed by atoms with Gasteiger partial charge in [0.25, 0.3) is 0 Å². The zero-order valence-corrected chi connectivity index (χ0v) is 11.6.